The van der Waals surface area contributed by atoms with Gasteiger partial charge in [0, 0.05) is 22.8 Å². The number of amides is 1. The zero-order chi connectivity index (χ0) is 15.5. The van der Waals surface area contributed by atoms with E-state index in [-0.39, 0.29) is 5.91 Å². The van der Waals surface area contributed by atoms with E-state index in [2.05, 4.69) is 15.4 Å². The van der Waals surface area contributed by atoms with Crippen molar-refractivity contribution in [2.75, 3.05) is 5.32 Å². The first kappa shape index (κ1) is 14.7. The Bertz CT molecular complexity index is 794. The van der Waals surface area contributed by atoms with Crippen LogP contribution in [0.15, 0.2) is 42.9 Å². The lowest BCUT2D eigenvalue weighted by Crippen LogP contribution is -2.11. The Kier molecular flexibility index (Phi) is 4.22. The highest BCUT2D eigenvalue weighted by molar-refractivity contribution is 7.15. The van der Waals surface area contributed by atoms with Crippen molar-refractivity contribution < 1.29 is 4.79 Å². The first-order valence-electron chi connectivity index (χ1n) is 6.61. The third-order valence-electron chi connectivity index (χ3n) is 3.00. The Labute approximate surface area is 136 Å². The zero-order valence-corrected chi connectivity index (χ0v) is 13.4. The quantitative estimate of drug-likeness (QED) is 0.794. The number of benzene rings is 1. The summed E-state index contributed by atoms with van der Waals surface area (Å²) in [6.45, 7) is 2.56. The van der Waals surface area contributed by atoms with Crippen molar-refractivity contribution in [2.45, 2.75) is 13.5 Å². The van der Waals surface area contributed by atoms with Crippen molar-refractivity contribution in [1.29, 1.82) is 0 Å². The van der Waals surface area contributed by atoms with Crippen LogP contribution in [0.2, 0.25) is 5.02 Å². The normalized spacial score (nSPS) is 10.6. The van der Waals surface area contributed by atoms with Gasteiger partial charge in [0.05, 0.1) is 17.8 Å². The number of nitrogens with zero attached hydrogens (tertiary/aromatic N) is 3. The number of hydrogen-bond donors (Lipinski definition) is 1. The standard InChI is InChI=1S/C15H13ClN4OS/c1-10-6-17-15(22-10)19-14(21)12-4-2-11(3-5-12)8-20-9-13(16)7-18-20/h2-7,9H,8H2,1H3,(H,17,19,21). The lowest BCUT2D eigenvalue weighted by atomic mass is 10.1. The minimum absolute atomic E-state index is 0.164. The number of aromatic nitrogens is 3. The lowest BCUT2D eigenvalue weighted by molar-refractivity contribution is 0.102. The summed E-state index contributed by atoms with van der Waals surface area (Å²) < 4.78 is 1.75. The molecule has 0 radical (unpaired) electrons. The van der Waals surface area contributed by atoms with Gasteiger partial charge in [0.2, 0.25) is 0 Å². The summed E-state index contributed by atoms with van der Waals surface area (Å²) in [5.41, 5.74) is 1.64. The number of carbonyl (C=O) groups is 1. The fourth-order valence-electron chi connectivity index (χ4n) is 1.96. The molecule has 0 aliphatic rings. The van der Waals surface area contributed by atoms with Gasteiger partial charge in [-0.15, -0.1) is 11.3 Å². The van der Waals surface area contributed by atoms with Crippen molar-refractivity contribution in [2.24, 2.45) is 0 Å². The Morgan fingerprint density at radius 1 is 1.32 bits per heavy atom. The second-order valence-electron chi connectivity index (χ2n) is 4.78. The number of halogens is 1. The third-order valence-corrected chi connectivity index (χ3v) is 4.03. The molecule has 0 atom stereocenters. The largest absolute Gasteiger partial charge is 0.298 e. The van der Waals surface area contributed by atoms with Crippen LogP contribution in [-0.2, 0) is 6.54 Å². The number of nitrogens with one attached hydrogen (secondary N) is 1. The van der Waals surface area contributed by atoms with E-state index in [1.807, 2.05) is 19.1 Å². The minimum atomic E-state index is -0.164. The fourth-order valence-corrected chi connectivity index (χ4v) is 2.77. The number of anilines is 1. The van der Waals surface area contributed by atoms with Gasteiger partial charge in [0.15, 0.2) is 5.13 Å². The van der Waals surface area contributed by atoms with Crippen LogP contribution in [0.5, 0.6) is 0 Å². The molecule has 0 unspecified atom stereocenters. The average molecular weight is 333 g/mol. The predicted molar refractivity (Wildman–Crippen MR) is 87.6 cm³/mol. The maximum atomic E-state index is 12.1. The molecule has 112 valence electrons. The second-order valence-corrected chi connectivity index (χ2v) is 6.45. The highest BCUT2D eigenvalue weighted by Gasteiger charge is 2.08. The molecule has 5 nitrogen and oxygen atoms in total. The van der Waals surface area contributed by atoms with Gasteiger partial charge < -0.3 is 0 Å². The molecule has 0 fully saturated rings. The van der Waals surface area contributed by atoms with Crippen LogP contribution >= 0.6 is 22.9 Å². The van der Waals surface area contributed by atoms with Gasteiger partial charge in [-0.05, 0) is 24.6 Å². The smallest absolute Gasteiger partial charge is 0.257 e. The van der Waals surface area contributed by atoms with Crippen molar-refractivity contribution in [1.82, 2.24) is 14.8 Å². The molecule has 22 heavy (non-hydrogen) atoms. The van der Waals surface area contributed by atoms with Gasteiger partial charge in [0.25, 0.3) is 5.91 Å². The predicted octanol–water partition coefficient (Wildman–Crippen LogP) is 3.60. The number of carbonyl (C=O) groups excluding carboxylic acids is 1. The molecule has 0 aliphatic heterocycles. The Morgan fingerprint density at radius 2 is 2.09 bits per heavy atom. The van der Waals surface area contributed by atoms with Gasteiger partial charge >= 0.3 is 0 Å². The molecule has 0 saturated carbocycles. The molecule has 0 bridgehead atoms. The molecule has 3 aromatic rings. The first-order valence-corrected chi connectivity index (χ1v) is 7.80. The molecule has 1 aromatic carbocycles. The van der Waals surface area contributed by atoms with E-state index in [9.17, 15) is 4.79 Å². The molecule has 3 rings (SSSR count). The van der Waals surface area contributed by atoms with Crippen LogP contribution in [-0.4, -0.2) is 20.7 Å². The monoisotopic (exact) mass is 332 g/mol. The number of thiazole rings is 1. The summed E-state index contributed by atoms with van der Waals surface area (Å²) in [5.74, 6) is -0.164. The van der Waals surface area contributed by atoms with E-state index in [1.54, 1.807) is 35.4 Å². The van der Waals surface area contributed by atoms with Gasteiger partial charge in [-0.1, -0.05) is 23.7 Å². The molecule has 0 saturated heterocycles. The van der Waals surface area contributed by atoms with Gasteiger partial charge in [-0.2, -0.15) is 5.10 Å². The molecule has 7 heteroatoms. The number of aryl methyl sites for hydroxylation is 1. The average Bonchev–Trinajstić information content (AvgIpc) is 3.08. The third kappa shape index (κ3) is 3.52. The van der Waals surface area contributed by atoms with E-state index < -0.39 is 0 Å². The van der Waals surface area contributed by atoms with Gasteiger partial charge in [-0.25, -0.2) is 4.98 Å². The summed E-state index contributed by atoms with van der Waals surface area (Å²) in [5, 5.41) is 8.13. The molecule has 0 spiro atoms. The van der Waals surface area contributed by atoms with Crippen LogP contribution < -0.4 is 5.32 Å². The van der Waals surface area contributed by atoms with Crippen LogP contribution in [0, 0.1) is 6.92 Å². The van der Waals surface area contributed by atoms with E-state index in [1.165, 1.54) is 11.3 Å². The first-order chi connectivity index (χ1) is 10.6. The van der Waals surface area contributed by atoms with E-state index >= 15 is 0 Å². The van der Waals surface area contributed by atoms with Gasteiger partial charge in [-0.3, -0.25) is 14.8 Å². The van der Waals surface area contributed by atoms with E-state index in [4.69, 9.17) is 11.6 Å². The van der Waals surface area contributed by atoms with Crippen molar-refractivity contribution in [3.63, 3.8) is 0 Å². The summed E-state index contributed by atoms with van der Waals surface area (Å²) >= 11 is 7.28. The molecular formula is C15H13ClN4OS. The Hall–Kier alpha value is -2.18. The number of hydrogen-bond acceptors (Lipinski definition) is 4. The van der Waals surface area contributed by atoms with Crippen molar-refractivity contribution >= 4 is 34.0 Å². The molecule has 1 amide bonds. The Balaban J connectivity index is 1.66. The summed E-state index contributed by atoms with van der Waals surface area (Å²) in [7, 11) is 0. The topological polar surface area (TPSA) is 59.8 Å². The summed E-state index contributed by atoms with van der Waals surface area (Å²) in [6, 6.07) is 7.38. The zero-order valence-electron chi connectivity index (χ0n) is 11.8. The molecular weight excluding hydrogens is 320 g/mol. The van der Waals surface area contributed by atoms with Crippen molar-refractivity contribution in [3.05, 3.63) is 63.9 Å². The number of rotatable bonds is 4. The molecule has 2 aromatic heterocycles. The molecule has 1 N–H and O–H groups in total. The molecule has 2 heterocycles. The van der Waals surface area contributed by atoms with Crippen LogP contribution in [0.25, 0.3) is 0 Å². The maximum absolute atomic E-state index is 12.1. The summed E-state index contributed by atoms with van der Waals surface area (Å²) in [6.07, 6.45) is 5.09. The molecule has 0 aliphatic carbocycles. The van der Waals surface area contributed by atoms with Crippen LogP contribution in [0.4, 0.5) is 5.13 Å². The maximum Gasteiger partial charge on any atom is 0.257 e. The van der Waals surface area contributed by atoms with E-state index in [0.29, 0.717) is 22.3 Å². The fraction of sp³-hybridized carbons (Fsp3) is 0.133. The van der Waals surface area contributed by atoms with Gasteiger partial charge in [0.1, 0.15) is 0 Å². The SMILES string of the molecule is Cc1cnc(NC(=O)c2ccc(Cn3cc(Cl)cn3)cc2)s1. The second kappa shape index (κ2) is 6.29. The minimum Gasteiger partial charge on any atom is -0.298 e. The highest BCUT2D eigenvalue weighted by atomic mass is 35.5. The highest BCUT2D eigenvalue weighted by Crippen LogP contribution is 2.17. The van der Waals surface area contributed by atoms with Crippen LogP contribution in [0.3, 0.4) is 0 Å². The van der Waals surface area contributed by atoms with Crippen LogP contribution in [0.1, 0.15) is 20.8 Å². The Morgan fingerprint density at radius 3 is 2.68 bits per heavy atom. The summed E-state index contributed by atoms with van der Waals surface area (Å²) in [4.78, 5) is 17.3. The lowest BCUT2D eigenvalue weighted by Gasteiger charge is -2.04. The van der Waals surface area contributed by atoms with Crippen molar-refractivity contribution in [3.8, 4) is 0 Å². The van der Waals surface area contributed by atoms with E-state index in [0.717, 1.165) is 10.4 Å².